The zero-order valence-corrected chi connectivity index (χ0v) is 20.2. The Bertz CT molecular complexity index is 1380. The maximum Gasteiger partial charge on any atom is 0.283 e. The highest BCUT2D eigenvalue weighted by molar-refractivity contribution is 8.27. The van der Waals surface area contributed by atoms with Gasteiger partial charge in [-0.15, -0.1) is 0 Å². The van der Waals surface area contributed by atoms with E-state index in [9.17, 15) is 4.79 Å². The zero-order valence-electron chi connectivity index (χ0n) is 19.4. The monoisotopic (exact) mass is 498 g/mol. The van der Waals surface area contributed by atoms with Crippen LogP contribution in [0.2, 0.25) is 0 Å². The highest BCUT2D eigenvalue weighted by Gasteiger charge is 2.35. The van der Waals surface area contributed by atoms with Crippen molar-refractivity contribution in [3.63, 3.8) is 0 Å². The summed E-state index contributed by atoms with van der Waals surface area (Å²) in [5.41, 5.74) is 1.84. The van der Waals surface area contributed by atoms with Gasteiger partial charge in [-0.3, -0.25) is 10.2 Å². The number of hydrazone groups is 1. The zero-order chi connectivity index (χ0) is 24.9. The molecule has 8 nitrogen and oxygen atoms in total. The molecule has 0 spiro atoms. The number of amides is 1. The molecule has 0 saturated heterocycles. The van der Waals surface area contributed by atoms with Crippen LogP contribution in [0.5, 0.6) is 17.2 Å². The summed E-state index contributed by atoms with van der Waals surface area (Å²) in [5.74, 6) is 1.65. The van der Waals surface area contributed by atoms with Gasteiger partial charge in [0.15, 0.2) is 5.84 Å². The number of hydrogen-bond acceptors (Lipinski definition) is 7. The quantitative estimate of drug-likeness (QED) is 0.353. The van der Waals surface area contributed by atoms with Gasteiger partial charge in [-0.1, -0.05) is 48.5 Å². The molecular formula is C27H22N4O4S. The van der Waals surface area contributed by atoms with E-state index in [-0.39, 0.29) is 11.4 Å². The number of ether oxygens (including phenoxy) is 3. The Hall–Kier alpha value is -4.37. The first kappa shape index (κ1) is 23.4. The van der Waals surface area contributed by atoms with Crippen molar-refractivity contribution in [3.8, 4) is 17.2 Å². The van der Waals surface area contributed by atoms with Gasteiger partial charge in [0.1, 0.15) is 35.5 Å². The minimum Gasteiger partial charge on any atom is -0.497 e. The minimum absolute atomic E-state index is 0.00144. The minimum atomic E-state index is -0.460. The fraction of sp³-hybridized carbons (Fsp3) is 0.111. The van der Waals surface area contributed by atoms with Gasteiger partial charge in [0.05, 0.1) is 12.7 Å². The predicted molar refractivity (Wildman–Crippen MR) is 141 cm³/mol. The van der Waals surface area contributed by atoms with Gasteiger partial charge in [0.25, 0.3) is 5.91 Å². The molecule has 180 valence electrons. The van der Waals surface area contributed by atoms with Crippen molar-refractivity contribution in [1.82, 2.24) is 5.01 Å². The maximum absolute atomic E-state index is 12.7. The van der Waals surface area contributed by atoms with Gasteiger partial charge in [-0.2, -0.15) is 15.1 Å². The van der Waals surface area contributed by atoms with Crippen LogP contribution in [-0.2, 0) is 4.79 Å². The van der Waals surface area contributed by atoms with Crippen molar-refractivity contribution in [3.05, 3.63) is 95.6 Å². The van der Waals surface area contributed by atoms with E-state index in [4.69, 9.17) is 19.6 Å². The molecule has 3 aromatic rings. The van der Waals surface area contributed by atoms with Crippen LogP contribution in [0.3, 0.4) is 0 Å². The summed E-state index contributed by atoms with van der Waals surface area (Å²) in [6.45, 7) is 0.747. The van der Waals surface area contributed by atoms with Gasteiger partial charge in [-0.25, -0.2) is 0 Å². The number of fused-ring (bicyclic) bond motifs is 1. The van der Waals surface area contributed by atoms with Crippen LogP contribution in [0.4, 0.5) is 0 Å². The summed E-state index contributed by atoms with van der Waals surface area (Å²) in [7, 11) is 1.61. The molecule has 0 atom stereocenters. The molecule has 0 aliphatic carbocycles. The second kappa shape index (κ2) is 10.5. The van der Waals surface area contributed by atoms with Gasteiger partial charge in [0, 0.05) is 11.6 Å². The largest absolute Gasteiger partial charge is 0.497 e. The van der Waals surface area contributed by atoms with Crippen LogP contribution in [0.1, 0.15) is 11.1 Å². The summed E-state index contributed by atoms with van der Waals surface area (Å²) >= 11 is 1.28. The normalized spacial score (nSPS) is 15.9. The van der Waals surface area contributed by atoms with E-state index in [2.05, 4.69) is 10.1 Å². The van der Waals surface area contributed by atoms with Crippen molar-refractivity contribution in [1.29, 1.82) is 5.41 Å². The Balaban J connectivity index is 1.21. The van der Waals surface area contributed by atoms with Crippen molar-refractivity contribution < 1.29 is 19.0 Å². The lowest BCUT2D eigenvalue weighted by Crippen LogP contribution is -2.35. The standard InChI is InChI=1S/C27H22N4O4S/c1-33-21-8-5-9-22(17-21)35-15-14-34-20-12-10-18(11-13-20)16-23-24(28)31-27(29-25(23)32)36-26(30-31)19-6-3-2-4-7-19/h2-13,16-17,28H,14-15H2,1H3/b23-16+,28-24?. The van der Waals surface area contributed by atoms with Crippen molar-refractivity contribution in [2.75, 3.05) is 20.3 Å². The lowest BCUT2D eigenvalue weighted by molar-refractivity contribution is -0.114. The topological polar surface area (TPSA) is 96.6 Å². The molecule has 1 amide bonds. The van der Waals surface area contributed by atoms with E-state index >= 15 is 0 Å². The van der Waals surface area contributed by atoms with Gasteiger partial charge in [-0.05, 0) is 47.7 Å². The third-order valence-corrected chi connectivity index (χ3v) is 6.29. The molecule has 0 bridgehead atoms. The summed E-state index contributed by atoms with van der Waals surface area (Å²) in [4.78, 5) is 16.8. The number of hydrogen-bond donors (Lipinski definition) is 1. The van der Waals surface area contributed by atoms with Crippen LogP contribution in [0.25, 0.3) is 6.08 Å². The summed E-state index contributed by atoms with van der Waals surface area (Å²) in [5, 5.41) is 15.5. The molecule has 5 rings (SSSR count). The number of nitrogens with one attached hydrogen (secondary N) is 1. The molecular weight excluding hydrogens is 476 g/mol. The number of nitrogens with zero attached hydrogens (tertiary/aromatic N) is 3. The molecule has 2 aliphatic heterocycles. The number of methoxy groups -OCH3 is 1. The molecule has 0 radical (unpaired) electrons. The average molecular weight is 499 g/mol. The van der Waals surface area contributed by atoms with Crippen molar-refractivity contribution in [2.45, 2.75) is 0 Å². The number of amidine groups is 2. The Morgan fingerprint density at radius 3 is 2.39 bits per heavy atom. The van der Waals surface area contributed by atoms with E-state index in [1.807, 2.05) is 66.7 Å². The Morgan fingerprint density at radius 2 is 1.64 bits per heavy atom. The van der Waals surface area contributed by atoms with E-state index in [1.165, 1.54) is 16.8 Å². The number of rotatable bonds is 8. The lowest BCUT2D eigenvalue weighted by atomic mass is 10.1. The SMILES string of the molecule is COc1cccc(OCCOc2ccc(/C=C3\C(=N)N4N=C(c5ccccc5)SC4=NC3=O)cc2)c1. The predicted octanol–water partition coefficient (Wildman–Crippen LogP) is 4.82. The molecule has 2 aliphatic rings. The molecule has 1 N–H and O–H groups in total. The second-order valence-electron chi connectivity index (χ2n) is 7.74. The number of benzene rings is 3. The van der Waals surface area contributed by atoms with Crippen molar-refractivity contribution >= 4 is 39.8 Å². The van der Waals surface area contributed by atoms with Gasteiger partial charge in [0.2, 0.25) is 5.17 Å². The molecule has 0 unspecified atom stereocenters. The second-order valence-corrected chi connectivity index (χ2v) is 8.69. The molecule has 9 heteroatoms. The molecule has 0 fully saturated rings. The highest BCUT2D eigenvalue weighted by Crippen LogP contribution is 2.31. The fourth-order valence-electron chi connectivity index (χ4n) is 3.53. The first-order valence-electron chi connectivity index (χ1n) is 11.2. The summed E-state index contributed by atoms with van der Waals surface area (Å²) < 4.78 is 16.6. The maximum atomic E-state index is 12.7. The first-order valence-corrected chi connectivity index (χ1v) is 12.0. The smallest absolute Gasteiger partial charge is 0.283 e. The number of carbonyl (C=O) groups is 1. The third kappa shape index (κ3) is 5.16. The van der Waals surface area contributed by atoms with E-state index < -0.39 is 5.91 Å². The highest BCUT2D eigenvalue weighted by atomic mass is 32.2. The lowest BCUT2D eigenvalue weighted by Gasteiger charge is -2.20. The van der Waals surface area contributed by atoms with E-state index in [1.54, 1.807) is 25.3 Å². The molecule has 2 heterocycles. The summed E-state index contributed by atoms with van der Waals surface area (Å²) in [6.07, 6.45) is 1.64. The van der Waals surface area contributed by atoms with Crippen LogP contribution < -0.4 is 14.2 Å². The average Bonchev–Trinajstić information content (AvgIpc) is 3.35. The number of thioether (sulfide) groups is 1. The fourth-order valence-corrected chi connectivity index (χ4v) is 4.42. The molecule has 3 aromatic carbocycles. The van der Waals surface area contributed by atoms with Crippen LogP contribution in [0, 0.1) is 5.41 Å². The van der Waals surface area contributed by atoms with Crippen LogP contribution in [-0.4, -0.2) is 47.3 Å². The summed E-state index contributed by atoms with van der Waals surface area (Å²) in [6, 6.07) is 24.3. The molecule has 0 aromatic heterocycles. The van der Waals surface area contributed by atoms with Crippen LogP contribution in [0.15, 0.2) is 94.5 Å². The third-order valence-electron chi connectivity index (χ3n) is 5.33. The van der Waals surface area contributed by atoms with Crippen molar-refractivity contribution in [2.24, 2.45) is 10.1 Å². The number of carbonyl (C=O) groups excluding carboxylic acids is 1. The Morgan fingerprint density at radius 1 is 0.917 bits per heavy atom. The van der Waals surface area contributed by atoms with Gasteiger partial charge >= 0.3 is 0 Å². The van der Waals surface area contributed by atoms with Crippen LogP contribution >= 0.6 is 11.8 Å². The first-order chi connectivity index (χ1) is 17.6. The van der Waals surface area contributed by atoms with Gasteiger partial charge < -0.3 is 14.2 Å². The van der Waals surface area contributed by atoms with E-state index in [0.717, 1.165) is 16.9 Å². The Kier molecular flexibility index (Phi) is 6.81. The molecule has 0 saturated carbocycles. The molecule has 36 heavy (non-hydrogen) atoms. The Labute approximate surface area is 212 Å². The number of aliphatic imine (C=N–C) groups is 1. The van der Waals surface area contributed by atoms with E-state index in [0.29, 0.717) is 34.9 Å².